The highest BCUT2D eigenvalue weighted by atomic mass is 16.7. The second-order valence-electron chi connectivity index (χ2n) is 5.86. The quantitative estimate of drug-likeness (QED) is 0.331. The summed E-state index contributed by atoms with van der Waals surface area (Å²) < 4.78 is 30.3. The van der Waals surface area contributed by atoms with Crippen LogP contribution in [0.5, 0.6) is 0 Å². The van der Waals surface area contributed by atoms with Gasteiger partial charge in [-0.2, -0.15) is 0 Å². The molecule has 0 aromatic heterocycles. The third kappa shape index (κ3) is 6.05. The van der Waals surface area contributed by atoms with Crippen molar-refractivity contribution in [2.75, 3.05) is 7.11 Å². The lowest BCUT2D eigenvalue weighted by molar-refractivity contribution is -0.293. The largest absolute Gasteiger partial charge is 0.467 e. The highest BCUT2D eigenvalue weighted by Gasteiger charge is 2.56. The number of carbonyl (C=O) groups is 5. The standard InChI is InChI=1S/C17H22O11/c1-7(2)15(21)28-17-14(26-10(5)20)12(25-9(4)19)11(24-8(3)18)13(27-17)16(22)23-6/h11-14,17H,1H2,2-6H3. The lowest BCUT2D eigenvalue weighted by Gasteiger charge is -2.42. The summed E-state index contributed by atoms with van der Waals surface area (Å²) in [6.07, 6.45) is -7.89. The molecule has 1 heterocycles. The van der Waals surface area contributed by atoms with Crippen LogP contribution in [0.2, 0.25) is 0 Å². The van der Waals surface area contributed by atoms with Gasteiger partial charge in [0.25, 0.3) is 0 Å². The summed E-state index contributed by atoms with van der Waals surface area (Å²) in [6.45, 7) is 7.92. The molecule has 5 unspecified atom stereocenters. The molecular formula is C17H22O11. The summed E-state index contributed by atoms with van der Waals surface area (Å²) in [5, 5.41) is 0. The highest BCUT2D eigenvalue weighted by Crippen LogP contribution is 2.30. The monoisotopic (exact) mass is 402 g/mol. The molecule has 0 spiro atoms. The molecule has 1 aliphatic heterocycles. The van der Waals surface area contributed by atoms with E-state index in [1.165, 1.54) is 6.92 Å². The number of rotatable bonds is 6. The molecule has 1 saturated heterocycles. The van der Waals surface area contributed by atoms with Gasteiger partial charge in [-0.15, -0.1) is 0 Å². The molecule has 0 N–H and O–H groups in total. The van der Waals surface area contributed by atoms with Crippen molar-refractivity contribution in [1.29, 1.82) is 0 Å². The van der Waals surface area contributed by atoms with E-state index in [1.54, 1.807) is 0 Å². The average molecular weight is 402 g/mol. The molecule has 0 aromatic rings. The topological polar surface area (TPSA) is 141 Å². The number of hydrogen-bond donors (Lipinski definition) is 0. The first-order valence-corrected chi connectivity index (χ1v) is 8.09. The molecule has 0 radical (unpaired) electrons. The molecule has 28 heavy (non-hydrogen) atoms. The number of hydrogen-bond acceptors (Lipinski definition) is 11. The van der Waals surface area contributed by atoms with Gasteiger partial charge in [0.05, 0.1) is 7.11 Å². The van der Waals surface area contributed by atoms with Gasteiger partial charge in [0, 0.05) is 26.3 Å². The van der Waals surface area contributed by atoms with Gasteiger partial charge in [0.15, 0.2) is 18.3 Å². The molecule has 0 aromatic carbocycles. The fourth-order valence-electron chi connectivity index (χ4n) is 2.38. The van der Waals surface area contributed by atoms with E-state index < -0.39 is 60.6 Å². The van der Waals surface area contributed by atoms with Gasteiger partial charge in [-0.05, 0) is 6.92 Å². The minimum Gasteiger partial charge on any atom is -0.467 e. The fraction of sp³-hybridized carbons (Fsp3) is 0.588. The first-order valence-electron chi connectivity index (χ1n) is 8.09. The molecule has 0 amide bonds. The predicted molar refractivity (Wildman–Crippen MR) is 88.2 cm³/mol. The van der Waals surface area contributed by atoms with Crippen molar-refractivity contribution in [2.45, 2.75) is 58.4 Å². The maximum Gasteiger partial charge on any atom is 0.339 e. The van der Waals surface area contributed by atoms with Crippen molar-refractivity contribution < 1.29 is 52.4 Å². The van der Waals surface area contributed by atoms with Gasteiger partial charge in [0.2, 0.25) is 12.4 Å². The number of esters is 5. The maximum absolute atomic E-state index is 12.1. The first kappa shape index (κ1) is 23.1. The number of methoxy groups -OCH3 is 1. The van der Waals surface area contributed by atoms with E-state index in [4.69, 9.17) is 23.7 Å². The smallest absolute Gasteiger partial charge is 0.339 e. The Bertz CT molecular complexity index is 668. The van der Waals surface area contributed by atoms with E-state index >= 15 is 0 Å². The van der Waals surface area contributed by atoms with Crippen molar-refractivity contribution in [1.82, 2.24) is 0 Å². The van der Waals surface area contributed by atoms with Gasteiger partial charge >= 0.3 is 29.8 Å². The molecule has 11 heteroatoms. The highest BCUT2D eigenvalue weighted by molar-refractivity contribution is 5.87. The number of ether oxygens (including phenoxy) is 6. The molecule has 0 saturated carbocycles. The van der Waals surface area contributed by atoms with Crippen molar-refractivity contribution >= 4 is 29.8 Å². The Labute approximate surface area is 160 Å². The van der Waals surface area contributed by atoms with Gasteiger partial charge in [-0.25, -0.2) is 9.59 Å². The summed E-state index contributed by atoms with van der Waals surface area (Å²) in [7, 11) is 1.05. The third-order valence-corrected chi connectivity index (χ3v) is 3.41. The van der Waals surface area contributed by atoms with Crippen molar-refractivity contribution in [2.24, 2.45) is 0 Å². The molecule has 1 aliphatic rings. The summed E-state index contributed by atoms with van der Waals surface area (Å²) in [5.74, 6) is -4.42. The minimum atomic E-state index is -1.67. The van der Waals surface area contributed by atoms with Gasteiger partial charge < -0.3 is 28.4 Å². The molecule has 0 aliphatic carbocycles. The Hall–Kier alpha value is -2.95. The molecule has 5 atom stereocenters. The zero-order valence-corrected chi connectivity index (χ0v) is 16.1. The average Bonchev–Trinajstić information content (AvgIpc) is 2.57. The van der Waals surface area contributed by atoms with E-state index in [1.807, 2.05) is 0 Å². The van der Waals surface area contributed by atoms with Crippen molar-refractivity contribution in [3.8, 4) is 0 Å². The minimum absolute atomic E-state index is 0.00839. The van der Waals surface area contributed by atoms with E-state index in [2.05, 4.69) is 11.3 Å². The van der Waals surface area contributed by atoms with E-state index in [0.717, 1.165) is 27.9 Å². The lowest BCUT2D eigenvalue weighted by atomic mass is 9.97. The van der Waals surface area contributed by atoms with Gasteiger partial charge in [-0.3, -0.25) is 14.4 Å². The summed E-state index contributed by atoms with van der Waals surface area (Å²) in [6, 6.07) is 0. The second-order valence-corrected chi connectivity index (χ2v) is 5.86. The Morgan fingerprint density at radius 2 is 1.21 bits per heavy atom. The summed E-state index contributed by atoms with van der Waals surface area (Å²) >= 11 is 0. The number of carbonyl (C=O) groups excluding carboxylic acids is 5. The predicted octanol–water partition coefficient (Wildman–Crippen LogP) is -0.201. The second kappa shape index (κ2) is 9.83. The Balaban J connectivity index is 3.42. The van der Waals surface area contributed by atoms with Crippen LogP contribution < -0.4 is 0 Å². The molecule has 156 valence electrons. The zero-order chi connectivity index (χ0) is 21.6. The first-order chi connectivity index (χ1) is 13.0. The third-order valence-electron chi connectivity index (χ3n) is 3.41. The SMILES string of the molecule is C=C(C)C(=O)OC1OC(C(=O)OC)C(OC(C)=O)C(OC(C)=O)C1OC(C)=O. The summed E-state index contributed by atoms with van der Waals surface area (Å²) in [5.41, 5.74) is -0.00839. The van der Waals surface area contributed by atoms with Gasteiger partial charge in [-0.1, -0.05) is 6.58 Å². The van der Waals surface area contributed by atoms with Crippen LogP contribution in [0.1, 0.15) is 27.7 Å². The normalized spacial score (nSPS) is 26.4. The summed E-state index contributed by atoms with van der Waals surface area (Å²) in [4.78, 5) is 58.7. The van der Waals surface area contributed by atoms with Crippen LogP contribution in [0.15, 0.2) is 12.2 Å². The molecular weight excluding hydrogens is 380 g/mol. The van der Waals surface area contributed by atoms with E-state index in [0.29, 0.717) is 0 Å². The Morgan fingerprint density at radius 1 is 0.750 bits per heavy atom. The zero-order valence-electron chi connectivity index (χ0n) is 16.1. The molecule has 11 nitrogen and oxygen atoms in total. The van der Waals surface area contributed by atoms with Crippen molar-refractivity contribution in [3.63, 3.8) is 0 Å². The van der Waals surface area contributed by atoms with Crippen LogP contribution in [-0.2, 0) is 52.4 Å². The lowest BCUT2D eigenvalue weighted by Crippen LogP contribution is -2.64. The van der Waals surface area contributed by atoms with Crippen LogP contribution in [0.3, 0.4) is 0 Å². The van der Waals surface area contributed by atoms with Crippen LogP contribution in [-0.4, -0.2) is 67.7 Å². The Morgan fingerprint density at radius 3 is 1.64 bits per heavy atom. The van der Waals surface area contributed by atoms with Crippen LogP contribution in [0.25, 0.3) is 0 Å². The molecule has 1 rings (SSSR count). The van der Waals surface area contributed by atoms with Crippen molar-refractivity contribution in [3.05, 3.63) is 12.2 Å². The molecule has 0 bridgehead atoms. The van der Waals surface area contributed by atoms with E-state index in [-0.39, 0.29) is 5.57 Å². The van der Waals surface area contributed by atoms with Crippen LogP contribution >= 0.6 is 0 Å². The maximum atomic E-state index is 12.1. The Kier molecular flexibility index (Phi) is 8.11. The van der Waals surface area contributed by atoms with Crippen LogP contribution in [0.4, 0.5) is 0 Å². The van der Waals surface area contributed by atoms with E-state index in [9.17, 15) is 24.0 Å². The van der Waals surface area contributed by atoms with Crippen LogP contribution in [0, 0.1) is 0 Å². The molecule has 1 fully saturated rings. The van der Waals surface area contributed by atoms with Gasteiger partial charge in [0.1, 0.15) is 0 Å². The fourth-order valence-corrected chi connectivity index (χ4v) is 2.38.